The molecule has 1 aromatic carbocycles. The lowest BCUT2D eigenvalue weighted by Gasteiger charge is -2.23. The average molecular weight is 378 g/mol. The van der Waals surface area contributed by atoms with Crippen molar-refractivity contribution >= 4 is 5.95 Å². The Kier molecular flexibility index (Phi) is 6.02. The van der Waals surface area contributed by atoms with E-state index in [2.05, 4.69) is 15.3 Å². The van der Waals surface area contributed by atoms with E-state index in [9.17, 15) is 14.0 Å². The molecule has 3 rings (SSSR count). The van der Waals surface area contributed by atoms with Gasteiger partial charge in [-0.3, -0.25) is 4.98 Å². The van der Waals surface area contributed by atoms with Crippen LogP contribution in [0.25, 0.3) is 0 Å². The first-order valence-electron chi connectivity index (χ1n) is 8.81. The van der Waals surface area contributed by atoms with Crippen molar-refractivity contribution in [1.82, 2.24) is 14.5 Å². The molecule has 0 saturated carbocycles. The maximum absolute atomic E-state index is 14.2. The van der Waals surface area contributed by atoms with Gasteiger partial charge in [-0.25, -0.2) is 18.5 Å². The number of H-pyrrole nitrogens is 1. The minimum Gasteiger partial charge on any atom is -0.382 e. The number of halogens is 1. The summed E-state index contributed by atoms with van der Waals surface area (Å²) in [4.78, 5) is 31.3. The zero-order valence-corrected chi connectivity index (χ0v) is 15.3. The van der Waals surface area contributed by atoms with Crippen molar-refractivity contribution < 1.29 is 13.9 Å². The number of aromatic nitrogens is 3. The van der Waals surface area contributed by atoms with E-state index in [0.717, 1.165) is 10.1 Å². The van der Waals surface area contributed by atoms with Crippen molar-refractivity contribution in [3.63, 3.8) is 0 Å². The van der Waals surface area contributed by atoms with Gasteiger partial charge < -0.3 is 14.8 Å². The molecule has 0 radical (unpaired) electrons. The molecule has 9 heteroatoms. The van der Waals surface area contributed by atoms with Crippen molar-refractivity contribution in [3.8, 4) is 0 Å². The van der Waals surface area contributed by atoms with E-state index in [1.54, 1.807) is 12.1 Å². The third-order valence-corrected chi connectivity index (χ3v) is 4.58. The fourth-order valence-electron chi connectivity index (χ4n) is 3.23. The van der Waals surface area contributed by atoms with Gasteiger partial charge in [0.1, 0.15) is 5.82 Å². The van der Waals surface area contributed by atoms with Gasteiger partial charge in [0.25, 0.3) is 0 Å². The van der Waals surface area contributed by atoms with Crippen LogP contribution in [-0.4, -0.2) is 41.5 Å². The number of aromatic amines is 1. The van der Waals surface area contributed by atoms with Crippen LogP contribution in [0.1, 0.15) is 36.1 Å². The number of hydrogen-bond donors (Lipinski definition) is 2. The summed E-state index contributed by atoms with van der Waals surface area (Å²) in [6, 6.07) is 3.87. The molecule has 146 valence electrons. The van der Waals surface area contributed by atoms with Gasteiger partial charge in [-0.05, 0) is 25.8 Å². The predicted octanol–water partition coefficient (Wildman–Crippen LogP) is 1.53. The molecule has 1 aromatic heterocycles. The first-order valence-corrected chi connectivity index (χ1v) is 8.81. The minimum absolute atomic E-state index is 0.0173. The Bertz CT molecular complexity index is 874. The summed E-state index contributed by atoms with van der Waals surface area (Å²) >= 11 is 0. The molecule has 27 heavy (non-hydrogen) atoms. The van der Waals surface area contributed by atoms with E-state index in [4.69, 9.17) is 9.47 Å². The fourth-order valence-corrected chi connectivity index (χ4v) is 3.23. The van der Waals surface area contributed by atoms with Crippen molar-refractivity contribution in [2.24, 2.45) is 0 Å². The topological polar surface area (TPSA) is 98.2 Å². The van der Waals surface area contributed by atoms with Crippen molar-refractivity contribution in [2.45, 2.75) is 31.8 Å². The largest absolute Gasteiger partial charge is 0.382 e. The van der Waals surface area contributed by atoms with Crippen molar-refractivity contribution in [1.29, 1.82) is 0 Å². The third kappa shape index (κ3) is 4.42. The molecular weight excluding hydrogens is 355 g/mol. The Hall–Kier alpha value is -2.52. The first kappa shape index (κ1) is 19.2. The maximum atomic E-state index is 14.2. The molecular formula is C18H23FN4O4. The van der Waals surface area contributed by atoms with Gasteiger partial charge in [-0.1, -0.05) is 17.7 Å². The standard InChI is InChI=1S/C18H23FN4O4/c1-11-3-4-14(19)13(9-11)15(10-26-2)20-16-21-17(24)23(18(25)22-16)12-5-7-27-8-6-12/h3-4,9,12,15H,5-8,10H2,1-2H3,(H2,20,21,22,24,25)/t15-/m1/s1. The van der Waals surface area contributed by atoms with E-state index in [1.165, 1.54) is 13.2 Å². The van der Waals surface area contributed by atoms with Crippen LogP contribution in [0.2, 0.25) is 0 Å². The van der Waals surface area contributed by atoms with Crippen LogP contribution in [0.5, 0.6) is 0 Å². The zero-order valence-electron chi connectivity index (χ0n) is 15.3. The molecule has 0 spiro atoms. The second kappa shape index (κ2) is 8.45. The highest BCUT2D eigenvalue weighted by Gasteiger charge is 2.22. The zero-order chi connectivity index (χ0) is 19.4. The van der Waals surface area contributed by atoms with E-state index >= 15 is 0 Å². The smallest absolute Gasteiger partial charge is 0.355 e. The van der Waals surface area contributed by atoms with Crippen LogP contribution < -0.4 is 16.7 Å². The SMILES string of the molecule is COC[C@@H](Nc1nc(=O)n(C2CCOCC2)c(=O)[nH]1)c1cc(C)ccc1F. The van der Waals surface area contributed by atoms with E-state index < -0.39 is 23.2 Å². The van der Waals surface area contributed by atoms with Crippen LogP contribution in [0.4, 0.5) is 10.3 Å². The highest BCUT2D eigenvalue weighted by molar-refractivity contribution is 5.34. The second-order valence-electron chi connectivity index (χ2n) is 6.56. The monoisotopic (exact) mass is 378 g/mol. The molecule has 2 heterocycles. The van der Waals surface area contributed by atoms with Crippen LogP contribution in [-0.2, 0) is 9.47 Å². The number of methoxy groups -OCH3 is 1. The molecule has 0 bridgehead atoms. The summed E-state index contributed by atoms with van der Waals surface area (Å²) in [6.45, 7) is 2.98. The summed E-state index contributed by atoms with van der Waals surface area (Å²) in [6.07, 6.45) is 1.16. The number of nitrogens with one attached hydrogen (secondary N) is 2. The van der Waals surface area contributed by atoms with Gasteiger partial charge in [-0.15, -0.1) is 0 Å². The lowest BCUT2D eigenvalue weighted by atomic mass is 10.0. The quantitative estimate of drug-likeness (QED) is 0.791. The number of rotatable bonds is 6. The molecule has 0 aliphatic carbocycles. The molecule has 1 atom stereocenters. The van der Waals surface area contributed by atoms with Gasteiger partial charge in [0, 0.05) is 31.9 Å². The Morgan fingerprint density at radius 2 is 2.15 bits per heavy atom. The molecule has 1 aliphatic heterocycles. The second-order valence-corrected chi connectivity index (χ2v) is 6.56. The minimum atomic E-state index is -0.644. The number of anilines is 1. The van der Waals surface area contributed by atoms with Crippen LogP contribution in [0.3, 0.4) is 0 Å². The van der Waals surface area contributed by atoms with Gasteiger partial charge in [0.05, 0.1) is 12.6 Å². The Balaban J connectivity index is 1.90. The van der Waals surface area contributed by atoms with Gasteiger partial charge in [0.15, 0.2) is 0 Å². The molecule has 0 unspecified atom stereocenters. The summed E-state index contributed by atoms with van der Waals surface area (Å²) < 4.78 is 25.8. The summed E-state index contributed by atoms with van der Waals surface area (Å²) in [7, 11) is 1.49. The molecule has 8 nitrogen and oxygen atoms in total. The van der Waals surface area contributed by atoms with E-state index in [1.807, 2.05) is 6.92 Å². The van der Waals surface area contributed by atoms with E-state index in [0.29, 0.717) is 31.6 Å². The first-order chi connectivity index (χ1) is 13.0. The third-order valence-electron chi connectivity index (χ3n) is 4.58. The number of hydrogen-bond acceptors (Lipinski definition) is 6. The highest BCUT2D eigenvalue weighted by atomic mass is 19.1. The highest BCUT2D eigenvalue weighted by Crippen LogP contribution is 2.22. The van der Waals surface area contributed by atoms with Gasteiger partial charge in [-0.2, -0.15) is 4.98 Å². The summed E-state index contributed by atoms with van der Waals surface area (Å²) in [5.74, 6) is -0.427. The Morgan fingerprint density at radius 3 is 2.81 bits per heavy atom. The lowest BCUT2D eigenvalue weighted by molar-refractivity contribution is 0.0670. The number of nitrogens with zero attached hydrogens (tertiary/aromatic N) is 2. The summed E-state index contributed by atoms with van der Waals surface area (Å²) in [5.41, 5.74) is 0.0538. The molecule has 1 aliphatic rings. The molecule has 1 saturated heterocycles. The fraction of sp³-hybridized carbons (Fsp3) is 0.500. The Morgan fingerprint density at radius 1 is 1.41 bits per heavy atom. The molecule has 1 fully saturated rings. The van der Waals surface area contributed by atoms with Crippen molar-refractivity contribution in [2.75, 3.05) is 32.2 Å². The normalized spacial score (nSPS) is 16.3. The van der Waals surface area contributed by atoms with Crippen LogP contribution in [0, 0.1) is 12.7 Å². The molecule has 2 N–H and O–H groups in total. The lowest BCUT2D eigenvalue weighted by Crippen LogP contribution is -2.42. The van der Waals surface area contributed by atoms with Crippen LogP contribution in [0.15, 0.2) is 27.8 Å². The number of benzene rings is 1. The molecule has 0 amide bonds. The summed E-state index contributed by atoms with van der Waals surface area (Å²) in [5, 5.41) is 2.91. The number of ether oxygens (including phenoxy) is 2. The average Bonchev–Trinajstić information content (AvgIpc) is 2.64. The van der Waals surface area contributed by atoms with Crippen molar-refractivity contribution in [3.05, 3.63) is 56.1 Å². The molecule has 2 aromatic rings. The van der Waals surface area contributed by atoms with Crippen LogP contribution >= 0.6 is 0 Å². The van der Waals surface area contributed by atoms with Gasteiger partial charge in [0.2, 0.25) is 5.95 Å². The maximum Gasteiger partial charge on any atom is 0.355 e. The van der Waals surface area contributed by atoms with E-state index in [-0.39, 0.29) is 18.6 Å². The number of aryl methyl sites for hydroxylation is 1. The Labute approximate surface area is 155 Å². The van der Waals surface area contributed by atoms with Gasteiger partial charge >= 0.3 is 11.4 Å². The predicted molar refractivity (Wildman–Crippen MR) is 97.6 cm³/mol.